The highest BCUT2D eigenvalue weighted by Crippen LogP contribution is 2.43. The van der Waals surface area contributed by atoms with Gasteiger partial charge in [-0.05, 0) is 59.4 Å². The molecule has 1 atom stereocenters. The van der Waals surface area contributed by atoms with Crippen molar-refractivity contribution in [2.24, 2.45) is 0 Å². The first-order valence-electron chi connectivity index (χ1n) is 11.8. The molecular formula is C30H30N2O4. The third-order valence-electron chi connectivity index (χ3n) is 6.38. The maximum Gasteiger partial charge on any atom is 0.300 e. The van der Waals surface area contributed by atoms with Crippen LogP contribution in [0.4, 0.5) is 11.4 Å². The lowest BCUT2D eigenvalue weighted by Crippen LogP contribution is -2.29. The number of hydrogen-bond acceptors (Lipinski definition) is 4. The number of aliphatic hydroxyl groups is 1. The number of ketones is 1. The van der Waals surface area contributed by atoms with E-state index in [1.54, 1.807) is 24.3 Å². The molecule has 1 unspecified atom stereocenters. The van der Waals surface area contributed by atoms with Crippen LogP contribution in [0.15, 0.2) is 78.4 Å². The predicted octanol–water partition coefficient (Wildman–Crippen LogP) is 5.88. The van der Waals surface area contributed by atoms with Gasteiger partial charge in [0.05, 0.1) is 11.6 Å². The average Bonchev–Trinajstić information content (AvgIpc) is 3.09. The number of benzene rings is 3. The zero-order chi connectivity index (χ0) is 26.2. The van der Waals surface area contributed by atoms with E-state index in [-0.39, 0.29) is 22.7 Å². The van der Waals surface area contributed by atoms with E-state index in [1.165, 1.54) is 11.8 Å². The standard InChI is InChI=1S/C30H30N2O4/c1-18-11-12-21(30(3,4)5)17-24(18)27(34)25-26(20-9-7-6-8-10-20)32(29(36)28(25)35)23-15-13-22(14-16-23)31-19(2)33/h6-17,26,34H,1-5H3,(H,31,33)/b27-25+. The SMILES string of the molecule is CC(=O)Nc1ccc(N2C(=O)C(=O)/C(=C(/O)c3cc(C(C)(C)C)ccc3C)C2c2ccccc2)cc1. The Morgan fingerprint density at radius 2 is 1.58 bits per heavy atom. The molecular weight excluding hydrogens is 452 g/mol. The van der Waals surface area contributed by atoms with Crippen molar-refractivity contribution in [3.05, 3.63) is 101 Å². The summed E-state index contributed by atoms with van der Waals surface area (Å²) in [5.74, 6) is -1.86. The Hall–Kier alpha value is -4.19. The van der Waals surface area contributed by atoms with E-state index in [4.69, 9.17) is 0 Å². The molecule has 1 fully saturated rings. The van der Waals surface area contributed by atoms with Gasteiger partial charge >= 0.3 is 0 Å². The van der Waals surface area contributed by atoms with Crippen LogP contribution in [0.5, 0.6) is 0 Å². The number of nitrogens with one attached hydrogen (secondary N) is 1. The van der Waals surface area contributed by atoms with Crippen molar-refractivity contribution in [3.63, 3.8) is 0 Å². The molecule has 0 radical (unpaired) electrons. The van der Waals surface area contributed by atoms with E-state index in [1.807, 2.05) is 55.5 Å². The minimum atomic E-state index is -0.810. The highest BCUT2D eigenvalue weighted by Gasteiger charge is 2.47. The fourth-order valence-electron chi connectivity index (χ4n) is 4.45. The van der Waals surface area contributed by atoms with E-state index in [0.29, 0.717) is 22.5 Å². The Labute approximate surface area is 211 Å². The number of hydrogen-bond donors (Lipinski definition) is 2. The third-order valence-corrected chi connectivity index (χ3v) is 6.38. The summed E-state index contributed by atoms with van der Waals surface area (Å²) in [5.41, 5.74) is 3.99. The second kappa shape index (κ2) is 9.46. The van der Waals surface area contributed by atoms with Crippen molar-refractivity contribution in [2.45, 2.75) is 46.1 Å². The van der Waals surface area contributed by atoms with Crippen LogP contribution in [0.2, 0.25) is 0 Å². The Balaban J connectivity index is 1.90. The lowest BCUT2D eigenvalue weighted by atomic mass is 9.84. The minimum absolute atomic E-state index is 0.0475. The van der Waals surface area contributed by atoms with Gasteiger partial charge in [0.2, 0.25) is 5.91 Å². The van der Waals surface area contributed by atoms with Crippen LogP contribution < -0.4 is 10.2 Å². The van der Waals surface area contributed by atoms with Crippen LogP contribution in [0.3, 0.4) is 0 Å². The monoisotopic (exact) mass is 482 g/mol. The summed E-state index contributed by atoms with van der Waals surface area (Å²) in [7, 11) is 0. The zero-order valence-corrected chi connectivity index (χ0v) is 21.1. The summed E-state index contributed by atoms with van der Waals surface area (Å²) >= 11 is 0. The molecule has 2 N–H and O–H groups in total. The second-order valence-electron chi connectivity index (χ2n) is 10.1. The largest absolute Gasteiger partial charge is 0.507 e. The topological polar surface area (TPSA) is 86.7 Å². The molecule has 3 aromatic rings. The van der Waals surface area contributed by atoms with Crippen molar-refractivity contribution in [3.8, 4) is 0 Å². The molecule has 0 aromatic heterocycles. The number of nitrogens with zero attached hydrogens (tertiary/aromatic N) is 1. The summed E-state index contributed by atoms with van der Waals surface area (Å²) in [6.07, 6.45) is 0. The molecule has 1 heterocycles. The van der Waals surface area contributed by atoms with E-state index in [0.717, 1.165) is 11.1 Å². The van der Waals surface area contributed by atoms with Gasteiger partial charge in [-0.15, -0.1) is 0 Å². The molecule has 0 bridgehead atoms. The van der Waals surface area contributed by atoms with Gasteiger partial charge < -0.3 is 10.4 Å². The molecule has 0 saturated carbocycles. The van der Waals surface area contributed by atoms with Crippen molar-refractivity contribution in [2.75, 3.05) is 10.2 Å². The summed E-state index contributed by atoms with van der Waals surface area (Å²) in [5, 5.41) is 14.3. The third kappa shape index (κ3) is 4.67. The van der Waals surface area contributed by atoms with Crippen molar-refractivity contribution >= 4 is 34.7 Å². The fraction of sp³-hybridized carbons (Fsp3) is 0.233. The van der Waals surface area contributed by atoms with Crippen LogP contribution in [-0.4, -0.2) is 22.7 Å². The number of aryl methyl sites for hydroxylation is 1. The van der Waals surface area contributed by atoms with Gasteiger partial charge in [0.15, 0.2) is 0 Å². The molecule has 36 heavy (non-hydrogen) atoms. The van der Waals surface area contributed by atoms with Crippen LogP contribution >= 0.6 is 0 Å². The normalized spacial score (nSPS) is 17.4. The van der Waals surface area contributed by atoms with Gasteiger partial charge in [0.25, 0.3) is 11.7 Å². The summed E-state index contributed by atoms with van der Waals surface area (Å²) < 4.78 is 0. The van der Waals surface area contributed by atoms with Gasteiger partial charge in [-0.2, -0.15) is 0 Å². The Morgan fingerprint density at radius 3 is 2.17 bits per heavy atom. The van der Waals surface area contributed by atoms with Gasteiger partial charge in [-0.3, -0.25) is 19.3 Å². The quantitative estimate of drug-likeness (QED) is 0.276. The molecule has 6 heteroatoms. The smallest absolute Gasteiger partial charge is 0.300 e. The maximum atomic E-state index is 13.4. The summed E-state index contributed by atoms with van der Waals surface area (Å²) in [4.78, 5) is 39.6. The average molecular weight is 483 g/mol. The summed E-state index contributed by atoms with van der Waals surface area (Å²) in [6.45, 7) is 9.52. The van der Waals surface area contributed by atoms with Crippen molar-refractivity contribution in [1.82, 2.24) is 0 Å². The first-order chi connectivity index (χ1) is 17.0. The van der Waals surface area contributed by atoms with Gasteiger partial charge in [-0.1, -0.05) is 63.2 Å². The van der Waals surface area contributed by atoms with E-state index in [9.17, 15) is 19.5 Å². The summed E-state index contributed by atoms with van der Waals surface area (Å²) in [6, 6.07) is 20.9. The minimum Gasteiger partial charge on any atom is -0.507 e. The van der Waals surface area contributed by atoms with Crippen molar-refractivity contribution < 1.29 is 19.5 Å². The number of amides is 2. The maximum absolute atomic E-state index is 13.4. The Bertz CT molecular complexity index is 1370. The van der Waals surface area contributed by atoms with Crippen LogP contribution in [0, 0.1) is 6.92 Å². The number of rotatable bonds is 4. The number of aliphatic hydroxyl groups excluding tert-OH is 1. The lowest BCUT2D eigenvalue weighted by molar-refractivity contribution is -0.132. The molecule has 0 aliphatic carbocycles. The van der Waals surface area contributed by atoms with Gasteiger partial charge in [-0.25, -0.2) is 0 Å². The Kier molecular flexibility index (Phi) is 6.55. The Morgan fingerprint density at radius 1 is 0.944 bits per heavy atom. The van der Waals surface area contributed by atoms with Crippen molar-refractivity contribution in [1.29, 1.82) is 0 Å². The molecule has 1 aliphatic rings. The fourth-order valence-corrected chi connectivity index (χ4v) is 4.45. The van der Waals surface area contributed by atoms with Crippen LogP contribution in [0.25, 0.3) is 5.76 Å². The van der Waals surface area contributed by atoms with Crippen LogP contribution in [-0.2, 0) is 19.8 Å². The van der Waals surface area contributed by atoms with Gasteiger partial charge in [0, 0.05) is 23.9 Å². The number of Topliss-reactive ketones (excluding diaryl/α,β-unsaturated/α-hetero) is 1. The molecule has 2 amide bonds. The molecule has 4 rings (SSSR count). The first-order valence-corrected chi connectivity index (χ1v) is 11.8. The van der Waals surface area contributed by atoms with E-state index in [2.05, 4.69) is 26.1 Å². The highest BCUT2D eigenvalue weighted by atomic mass is 16.3. The molecule has 1 aliphatic heterocycles. The molecule has 3 aromatic carbocycles. The number of carbonyl (C=O) groups excluding carboxylic acids is 3. The molecule has 0 spiro atoms. The number of anilines is 2. The predicted molar refractivity (Wildman–Crippen MR) is 142 cm³/mol. The number of carbonyl (C=O) groups is 3. The van der Waals surface area contributed by atoms with E-state index < -0.39 is 17.7 Å². The lowest BCUT2D eigenvalue weighted by Gasteiger charge is -2.26. The highest BCUT2D eigenvalue weighted by molar-refractivity contribution is 6.51. The van der Waals surface area contributed by atoms with Gasteiger partial charge in [0.1, 0.15) is 5.76 Å². The molecule has 6 nitrogen and oxygen atoms in total. The van der Waals surface area contributed by atoms with Crippen LogP contribution in [0.1, 0.15) is 56.0 Å². The molecule has 184 valence electrons. The van der Waals surface area contributed by atoms with E-state index >= 15 is 0 Å². The second-order valence-corrected chi connectivity index (χ2v) is 10.1. The molecule has 1 saturated heterocycles. The zero-order valence-electron chi connectivity index (χ0n) is 21.1. The first kappa shape index (κ1) is 24.9.